The van der Waals surface area contributed by atoms with Crippen LogP contribution in [0.25, 0.3) is 16.8 Å². The van der Waals surface area contributed by atoms with Crippen LogP contribution in [-0.4, -0.2) is 13.0 Å². The van der Waals surface area contributed by atoms with Crippen LogP contribution in [-0.2, 0) is 4.79 Å². The van der Waals surface area contributed by atoms with Crippen molar-refractivity contribution in [3.05, 3.63) is 76.9 Å². The molecule has 1 amide bonds. The number of benzene rings is 3. The first-order chi connectivity index (χ1) is 13.0. The number of nitrogens with one attached hydrogen (secondary N) is 1. The van der Waals surface area contributed by atoms with Gasteiger partial charge in [-0.2, -0.15) is 5.26 Å². The zero-order chi connectivity index (χ0) is 19.4. The van der Waals surface area contributed by atoms with Gasteiger partial charge in [0.25, 0.3) is 5.91 Å². The number of carbonyl (C=O) groups is 1. The number of nitriles is 1. The van der Waals surface area contributed by atoms with E-state index in [0.717, 1.165) is 21.9 Å². The van der Waals surface area contributed by atoms with E-state index >= 15 is 0 Å². The van der Waals surface area contributed by atoms with Crippen LogP contribution in [0.3, 0.4) is 0 Å². The van der Waals surface area contributed by atoms with Crippen molar-refractivity contribution in [2.45, 2.75) is 13.8 Å². The first kappa shape index (κ1) is 18.2. The molecular weight excluding hydrogens is 336 g/mol. The highest BCUT2D eigenvalue weighted by Crippen LogP contribution is 2.30. The summed E-state index contributed by atoms with van der Waals surface area (Å²) in [6, 6.07) is 19.3. The predicted octanol–water partition coefficient (Wildman–Crippen LogP) is 5.01. The van der Waals surface area contributed by atoms with Crippen LogP contribution in [0.5, 0.6) is 5.75 Å². The molecule has 3 aromatic rings. The van der Waals surface area contributed by atoms with Gasteiger partial charge in [-0.25, -0.2) is 0 Å². The normalized spacial score (nSPS) is 11.1. The lowest BCUT2D eigenvalue weighted by atomic mass is 10.0. The average Bonchev–Trinajstić information content (AvgIpc) is 2.69. The van der Waals surface area contributed by atoms with Crippen molar-refractivity contribution in [1.82, 2.24) is 0 Å². The molecule has 0 fully saturated rings. The molecular formula is C23H20N2O2. The summed E-state index contributed by atoms with van der Waals surface area (Å²) < 4.78 is 5.45. The second-order valence-corrected chi connectivity index (χ2v) is 6.27. The van der Waals surface area contributed by atoms with Crippen molar-refractivity contribution in [3.8, 4) is 11.8 Å². The number of fused-ring (bicyclic) bond motifs is 1. The molecule has 4 heteroatoms. The minimum absolute atomic E-state index is 0.0190. The van der Waals surface area contributed by atoms with Crippen molar-refractivity contribution in [2.75, 3.05) is 12.4 Å². The number of anilines is 1. The van der Waals surface area contributed by atoms with Gasteiger partial charge < -0.3 is 10.1 Å². The van der Waals surface area contributed by atoms with Crippen LogP contribution < -0.4 is 10.1 Å². The van der Waals surface area contributed by atoms with Crippen molar-refractivity contribution in [2.24, 2.45) is 0 Å². The first-order valence-electron chi connectivity index (χ1n) is 8.60. The third kappa shape index (κ3) is 3.68. The molecule has 0 aromatic heterocycles. The standard InChI is InChI=1S/C23H20N2O2/c1-15-7-6-10-21(16(15)2)25-23(26)18(14-24)13-20-19-9-5-4-8-17(19)11-12-22(20)27-3/h4-13H,1-3H3,(H,25,26)/b18-13+. The average molecular weight is 356 g/mol. The number of aryl methyl sites for hydroxylation is 1. The number of ether oxygens (including phenoxy) is 1. The molecule has 0 aliphatic carbocycles. The highest BCUT2D eigenvalue weighted by Gasteiger charge is 2.14. The number of carbonyl (C=O) groups excluding carboxylic acids is 1. The van der Waals surface area contributed by atoms with E-state index in [-0.39, 0.29) is 5.57 Å². The van der Waals surface area contributed by atoms with Gasteiger partial charge in [0.05, 0.1) is 7.11 Å². The van der Waals surface area contributed by atoms with Gasteiger partial charge in [0.15, 0.2) is 0 Å². The number of hydrogen-bond donors (Lipinski definition) is 1. The van der Waals surface area contributed by atoms with Gasteiger partial charge in [0.2, 0.25) is 0 Å². The second kappa shape index (κ2) is 7.76. The summed E-state index contributed by atoms with van der Waals surface area (Å²) in [6.45, 7) is 3.92. The molecule has 3 aromatic carbocycles. The molecule has 0 heterocycles. The summed E-state index contributed by atoms with van der Waals surface area (Å²) in [5, 5.41) is 14.3. The predicted molar refractivity (Wildman–Crippen MR) is 109 cm³/mol. The number of methoxy groups -OCH3 is 1. The molecule has 0 aliphatic rings. The summed E-state index contributed by atoms with van der Waals surface area (Å²) in [5.41, 5.74) is 3.48. The maximum atomic E-state index is 12.7. The Morgan fingerprint density at radius 1 is 1.07 bits per heavy atom. The van der Waals surface area contributed by atoms with Crippen LogP contribution in [0.1, 0.15) is 16.7 Å². The van der Waals surface area contributed by atoms with Crippen LogP contribution >= 0.6 is 0 Å². The van der Waals surface area contributed by atoms with Crippen molar-refractivity contribution in [3.63, 3.8) is 0 Å². The van der Waals surface area contributed by atoms with Crippen molar-refractivity contribution >= 4 is 28.4 Å². The van der Waals surface area contributed by atoms with Gasteiger partial charge in [-0.3, -0.25) is 4.79 Å². The molecule has 1 N–H and O–H groups in total. The van der Waals surface area contributed by atoms with Gasteiger partial charge in [0, 0.05) is 11.3 Å². The van der Waals surface area contributed by atoms with Gasteiger partial charge in [-0.1, -0.05) is 42.5 Å². The molecule has 0 saturated carbocycles. The molecule has 0 bridgehead atoms. The SMILES string of the molecule is COc1ccc2ccccc2c1/C=C(\C#N)C(=O)Nc1cccc(C)c1C. The number of hydrogen-bond acceptors (Lipinski definition) is 3. The number of amides is 1. The largest absolute Gasteiger partial charge is 0.496 e. The van der Waals surface area contributed by atoms with Crippen LogP contribution in [0.4, 0.5) is 5.69 Å². The van der Waals surface area contributed by atoms with Crippen molar-refractivity contribution in [1.29, 1.82) is 5.26 Å². The quantitative estimate of drug-likeness (QED) is 0.528. The zero-order valence-electron chi connectivity index (χ0n) is 15.5. The lowest BCUT2D eigenvalue weighted by Crippen LogP contribution is -2.14. The fourth-order valence-corrected chi connectivity index (χ4v) is 2.97. The smallest absolute Gasteiger partial charge is 0.266 e. The molecule has 0 spiro atoms. The maximum absolute atomic E-state index is 12.7. The van der Waals surface area contributed by atoms with Gasteiger partial charge >= 0.3 is 0 Å². The van der Waals surface area contributed by atoms with E-state index in [0.29, 0.717) is 17.0 Å². The Kier molecular flexibility index (Phi) is 5.23. The number of nitrogens with zero attached hydrogens (tertiary/aromatic N) is 1. The minimum atomic E-state index is -0.443. The molecule has 27 heavy (non-hydrogen) atoms. The van der Waals surface area contributed by atoms with Gasteiger partial charge in [0.1, 0.15) is 17.4 Å². The fourth-order valence-electron chi connectivity index (χ4n) is 2.97. The Hall–Kier alpha value is -3.58. The van der Waals surface area contributed by atoms with E-state index in [9.17, 15) is 10.1 Å². The first-order valence-corrected chi connectivity index (χ1v) is 8.60. The lowest BCUT2D eigenvalue weighted by molar-refractivity contribution is -0.112. The van der Waals surface area contributed by atoms with E-state index in [4.69, 9.17) is 4.74 Å². The Labute approximate surface area is 158 Å². The Morgan fingerprint density at radius 2 is 1.85 bits per heavy atom. The highest BCUT2D eigenvalue weighted by atomic mass is 16.5. The molecule has 0 radical (unpaired) electrons. The van der Waals surface area contributed by atoms with E-state index < -0.39 is 5.91 Å². The minimum Gasteiger partial charge on any atom is -0.496 e. The molecule has 134 valence electrons. The second-order valence-electron chi connectivity index (χ2n) is 6.27. The Morgan fingerprint density at radius 3 is 2.59 bits per heavy atom. The van der Waals surface area contributed by atoms with E-state index in [1.165, 1.54) is 0 Å². The fraction of sp³-hybridized carbons (Fsp3) is 0.130. The summed E-state index contributed by atoms with van der Waals surface area (Å²) >= 11 is 0. The van der Waals surface area contributed by atoms with Crippen LogP contribution in [0, 0.1) is 25.2 Å². The van der Waals surface area contributed by atoms with Gasteiger partial charge in [-0.15, -0.1) is 0 Å². The molecule has 0 atom stereocenters. The zero-order valence-corrected chi connectivity index (χ0v) is 15.5. The van der Waals surface area contributed by atoms with Crippen LogP contribution in [0.15, 0.2) is 60.2 Å². The lowest BCUT2D eigenvalue weighted by Gasteiger charge is -2.11. The van der Waals surface area contributed by atoms with Crippen LogP contribution in [0.2, 0.25) is 0 Å². The monoisotopic (exact) mass is 356 g/mol. The van der Waals surface area contributed by atoms with E-state index in [1.54, 1.807) is 13.2 Å². The van der Waals surface area contributed by atoms with Gasteiger partial charge in [-0.05, 0) is 54.0 Å². The summed E-state index contributed by atoms with van der Waals surface area (Å²) in [6.07, 6.45) is 1.58. The number of rotatable bonds is 4. The highest BCUT2D eigenvalue weighted by molar-refractivity contribution is 6.11. The Bertz CT molecular complexity index is 1090. The van der Waals surface area contributed by atoms with Crippen molar-refractivity contribution < 1.29 is 9.53 Å². The third-order valence-electron chi connectivity index (χ3n) is 4.66. The summed E-state index contributed by atoms with van der Waals surface area (Å²) in [5.74, 6) is 0.169. The molecule has 4 nitrogen and oxygen atoms in total. The molecule has 3 rings (SSSR count). The summed E-state index contributed by atoms with van der Waals surface area (Å²) in [4.78, 5) is 12.7. The molecule has 0 saturated heterocycles. The third-order valence-corrected chi connectivity index (χ3v) is 4.66. The maximum Gasteiger partial charge on any atom is 0.266 e. The topological polar surface area (TPSA) is 62.1 Å². The molecule has 0 aliphatic heterocycles. The van der Waals surface area contributed by atoms with E-state index in [2.05, 4.69) is 5.32 Å². The Balaban J connectivity index is 2.04. The van der Waals surface area contributed by atoms with E-state index in [1.807, 2.05) is 74.5 Å². The molecule has 0 unspecified atom stereocenters. The summed E-state index contributed by atoms with van der Waals surface area (Å²) in [7, 11) is 1.57.